The lowest BCUT2D eigenvalue weighted by atomic mass is 9.86. The van der Waals surface area contributed by atoms with Gasteiger partial charge < -0.3 is 10.6 Å². The molecule has 0 aliphatic carbocycles. The van der Waals surface area contributed by atoms with Crippen LogP contribution in [0.1, 0.15) is 42.3 Å². The first kappa shape index (κ1) is 20.5. The molecule has 1 aromatic heterocycles. The Bertz CT molecular complexity index is 981. The topological polar surface area (TPSA) is 66.9 Å². The summed E-state index contributed by atoms with van der Waals surface area (Å²) in [5, 5.41) is 5.99. The Hall–Kier alpha value is -3.28. The molecule has 3 rings (SSSR count). The smallest absolute Gasteiger partial charge is 0.258 e. The highest BCUT2D eigenvalue weighted by Crippen LogP contribution is 2.29. The molecule has 0 spiro atoms. The molecule has 0 atom stereocenters. The second kappa shape index (κ2) is 8.82. The highest BCUT2D eigenvalue weighted by atomic mass is 19.1. The number of aromatic nitrogens is 2. The third kappa shape index (κ3) is 5.38. The van der Waals surface area contributed by atoms with Crippen molar-refractivity contribution in [2.75, 3.05) is 17.2 Å². The molecule has 150 valence electrons. The standard InChI is InChI=1S/C23H25FN4O/c1-23(2,3)18-9-5-7-11-20(18)28-21(29)17-14-26-22(27-15-17)25-13-12-16-8-4-6-10-19(16)24/h4-11,14-15H,12-13H2,1-3H3,(H,28,29)(H,25,26,27). The number of para-hydroxylation sites is 1. The van der Waals surface area contributed by atoms with Crippen molar-refractivity contribution in [3.05, 3.63) is 83.4 Å². The molecule has 0 unspecified atom stereocenters. The monoisotopic (exact) mass is 392 g/mol. The molecule has 0 saturated carbocycles. The number of carbonyl (C=O) groups is 1. The molecule has 0 radical (unpaired) electrons. The van der Waals surface area contributed by atoms with Crippen molar-refractivity contribution < 1.29 is 9.18 Å². The normalized spacial score (nSPS) is 11.2. The number of hydrogen-bond donors (Lipinski definition) is 2. The SMILES string of the molecule is CC(C)(C)c1ccccc1NC(=O)c1cnc(NCCc2ccccc2F)nc1. The lowest BCUT2D eigenvalue weighted by molar-refractivity contribution is 0.102. The summed E-state index contributed by atoms with van der Waals surface area (Å²) in [6, 6.07) is 14.4. The lowest BCUT2D eigenvalue weighted by Crippen LogP contribution is -2.19. The van der Waals surface area contributed by atoms with E-state index in [2.05, 4.69) is 41.4 Å². The molecule has 6 heteroatoms. The number of anilines is 2. The van der Waals surface area contributed by atoms with E-state index in [1.54, 1.807) is 18.2 Å². The molecule has 1 heterocycles. The number of nitrogens with one attached hydrogen (secondary N) is 2. The largest absolute Gasteiger partial charge is 0.354 e. The van der Waals surface area contributed by atoms with Crippen molar-refractivity contribution in [2.45, 2.75) is 32.6 Å². The van der Waals surface area contributed by atoms with E-state index in [9.17, 15) is 9.18 Å². The molecule has 0 fully saturated rings. The van der Waals surface area contributed by atoms with Gasteiger partial charge >= 0.3 is 0 Å². The molecule has 0 aliphatic rings. The predicted molar refractivity (Wildman–Crippen MR) is 114 cm³/mol. The van der Waals surface area contributed by atoms with Gasteiger partial charge in [-0.05, 0) is 35.1 Å². The fraction of sp³-hybridized carbons (Fsp3) is 0.261. The Balaban J connectivity index is 1.60. The average molecular weight is 392 g/mol. The van der Waals surface area contributed by atoms with Gasteiger partial charge in [0.25, 0.3) is 5.91 Å². The molecule has 0 saturated heterocycles. The molecule has 29 heavy (non-hydrogen) atoms. The fourth-order valence-electron chi connectivity index (χ4n) is 2.99. The summed E-state index contributed by atoms with van der Waals surface area (Å²) in [7, 11) is 0. The van der Waals surface area contributed by atoms with E-state index in [0.717, 1.165) is 11.3 Å². The van der Waals surface area contributed by atoms with Crippen LogP contribution in [0.15, 0.2) is 60.9 Å². The van der Waals surface area contributed by atoms with E-state index in [4.69, 9.17) is 0 Å². The molecule has 2 aromatic carbocycles. The predicted octanol–water partition coefficient (Wildman–Crippen LogP) is 4.82. The molecular formula is C23H25FN4O. The van der Waals surface area contributed by atoms with E-state index in [1.165, 1.54) is 18.5 Å². The van der Waals surface area contributed by atoms with Crippen molar-refractivity contribution >= 4 is 17.5 Å². The average Bonchev–Trinajstić information content (AvgIpc) is 2.69. The van der Waals surface area contributed by atoms with E-state index >= 15 is 0 Å². The third-order valence-electron chi connectivity index (χ3n) is 4.53. The Morgan fingerprint density at radius 2 is 1.66 bits per heavy atom. The van der Waals surface area contributed by atoms with Crippen molar-refractivity contribution in [3.63, 3.8) is 0 Å². The second-order valence-corrected chi connectivity index (χ2v) is 7.81. The number of benzene rings is 2. The van der Waals surface area contributed by atoms with Gasteiger partial charge in [0.05, 0.1) is 5.56 Å². The Morgan fingerprint density at radius 1 is 1.00 bits per heavy atom. The van der Waals surface area contributed by atoms with E-state index in [1.807, 2.05) is 24.3 Å². The fourth-order valence-corrected chi connectivity index (χ4v) is 2.99. The number of halogens is 1. The van der Waals surface area contributed by atoms with Crippen molar-refractivity contribution in [1.82, 2.24) is 9.97 Å². The van der Waals surface area contributed by atoms with E-state index in [-0.39, 0.29) is 17.1 Å². The Morgan fingerprint density at radius 3 is 2.34 bits per heavy atom. The van der Waals surface area contributed by atoms with Gasteiger partial charge in [-0.3, -0.25) is 4.79 Å². The van der Waals surface area contributed by atoms with Crippen molar-refractivity contribution in [3.8, 4) is 0 Å². The summed E-state index contributed by atoms with van der Waals surface area (Å²) in [5.74, 6) is -0.0923. The highest BCUT2D eigenvalue weighted by molar-refractivity contribution is 6.04. The van der Waals surface area contributed by atoms with Crippen LogP contribution in [-0.4, -0.2) is 22.4 Å². The maximum Gasteiger partial charge on any atom is 0.258 e. The number of hydrogen-bond acceptors (Lipinski definition) is 4. The first-order chi connectivity index (χ1) is 13.8. The van der Waals surface area contributed by atoms with Crippen LogP contribution in [0, 0.1) is 5.82 Å². The number of amides is 1. The van der Waals surface area contributed by atoms with E-state index < -0.39 is 0 Å². The zero-order valence-electron chi connectivity index (χ0n) is 16.9. The Kier molecular flexibility index (Phi) is 6.22. The zero-order valence-corrected chi connectivity index (χ0v) is 16.9. The van der Waals surface area contributed by atoms with Gasteiger partial charge in [-0.1, -0.05) is 57.2 Å². The lowest BCUT2D eigenvalue weighted by Gasteiger charge is -2.22. The third-order valence-corrected chi connectivity index (χ3v) is 4.53. The maximum atomic E-state index is 13.6. The Labute approximate surface area is 170 Å². The minimum Gasteiger partial charge on any atom is -0.354 e. The van der Waals surface area contributed by atoms with Gasteiger partial charge in [0, 0.05) is 24.6 Å². The molecule has 0 aliphatic heterocycles. The number of rotatable bonds is 6. The van der Waals surface area contributed by atoms with Crippen molar-refractivity contribution in [2.24, 2.45) is 0 Å². The minimum absolute atomic E-state index is 0.0909. The van der Waals surface area contributed by atoms with Crippen LogP contribution in [0.3, 0.4) is 0 Å². The van der Waals surface area contributed by atoms with Crippen LogP contribution >= 0.6 is 0 Å². The molecule has 1 amide bonds. The zero-order chi connectivity index (χ0) is 20.9. The summed E-state index contributed by atoms with van der Waals surface area (Å²) >= 11 is 0. The van der Waals surface area contributed by atoms with Gasteiger partial charge in [0.2, 0.25) is 5.95 Å². The highest BCUT2D eigenvalue weighted by Gasteiger charge is 2.19. The first-order valence-electron chi connectivity index (χ1n) is 9.55. The van der Waals surface area contributed by atoms with Crippen LogP contribution in [0.25, 0.3) is 0 Å². The van der Waals surface area contributed by atoms with Gasteiger partial charge in [-0.15, -0.1) is 0 Å². The maximum absolute atomic E-state index is 13.6. The second-order valence-electron chi connectivity index (χ2n) is 7.81. The summed E-state index contributed by atoms with van der Waals surface area (Å²) in [4.78, 5) is 21.0. The number of nitrogens with zero attached hydrogens (tertiary/aromatic N) is 2. The minimum atomic E-state index is -0.264. The molecular weight excluding hydrogens is 367 g/mol. The van der Waals surface area contributed by atoms with Gasteiger partial charge in [-0.2, -0.15) is 0 Å². The van der Waals surface area contributed by atoms with Crippen LogP contribution in [0.2, 0.25) is 0 Å². The van der Waals surface area contributed by atoms with Gasteiger partial charge in [0.1, 0.15) is 5.82 Å². The molecule has 3 aromatic rings. The first-order valence-corrected chi connectivity index (χ1v) is 9.55. The molecule has 0 bridgehead atoms. The molecule has 2 N–H and O–H groups in total. The summed E-state index contributed by atoms with van der Waals surface area (Å²) < 4.78 is 13.6. The molecule has 5 nitrogen and oxygen atoms in total. The van der Waals surface area contributed by atoms with Crippen molar-refractivity contribution in [1.29, 1.82) is 0 Å². The van der Waals surface area contributed by atoms with Gasteiger partial charge in [-0.25, -0.2) is 14.4 Å². The summed E-state index contributed by atoms with van der Waals surface area (Å²) in [5.41, 5.74) is 2.74. The van der Waals surface area contributed by atoms with Gasteiger partial charge in [0.15, 0.2) is 0 Å². The van der Waals surface area contributed by atoms with Crippen LogP contribution < -0.4 is 10.6 Å². The van der Waals surface area contributed by atoms with Crippen LogP contribution in [0.4, 0.5) is 16.0 Å². The van der Waals surface area contributed by atoms with Crippen LogP contribution in [0.5, 0.6) is 0 Å². The number of carbonyl (C=O) groups excluding carboxylic acids is 1. The van der Waals surface area contributed by atoms with E-state index in [0.29, 0.717) is 30.0 Å². The summed E-state index contributed by atoms with van der Waals surface area (Å²) in [6.45, 7) is 6.79. The summed E-state index contributed by atoms with van der Waals surface area (Å²) in [6.07, 6.45) is 3.47. The van der Waals surface area contributed by atoms with Crippen LogP contribution in [-0.2, 0) is 11.8 Å². The quantitative estimate of drug-likeness (QED) is 0.631.